The second-order valence-electron chi connectivity index (χ2n) is 5.86. The maximum Gasteiger partial charge on any atom is 0.172 e. The molecule has 1 N–H and O–H groups in total. The Morgan fingerprint density at radius 2 is 2.00 bits per heavy atom. The van der Waals surface area contributed by atoms with Gasteiger partial charge in [0.2, 0.25) is 0 Å². The van der Waals surface area contributed by atoms with Gasteiger partial charge in [-0.25, -0.2) is 4.98 Å². The lowest BCUT2D eigenvalue weighted by Crippen LogP contribution is -2.47. The monoisotopic (exact) mass is 275 g/mol. The van der Waals surface area contributed by atoms with E-state index in [4.69, 9.17) is 5.41 Å². The molecule has 1 aromatic heterocycles. The average Bonchev–Trinajstić information content (AvgIpc) is 2.40. The number of aromatic nitrogens is 2. The highest BCUT2D eigenvalue weighted by Crippen LogP contribution is 2.11. The Morgan fingerprint density at radius 3 is 2.55 bits per heavy atom. The summed E-state index contributed by atoms with van der Waals surface area (Å²) in [5.41, 5.74) is 1.50. The highest BCUT2D eigenvalue weighted by molar-refractivity contribution is 5.39. The quantitative estimate of drug-likeness (QED) is 0.904. The standard InChI is InChI=1S/C15H25N5/c1-5-20-13(10-12(2)3)11-17-15(14(20)16)19-8-6-18(4)7-9-19/h5,11-12,16H,1,6-10H2,2-4H3. The van der Waals surface area contributed by atoms with E-state index in [9.17, 15) is 0 Å². The normalized spacial score (nSPS) is 16.7. The minimum atomic E-state index is 0.447. The van der Waals surface area contributed by atoms with E-state index >= 15 is 0 Å². The number of nitrogens with one attached hydrogen (secondary N) is 1. The van der Waals surface area contributed by atoms with E-state index in [0.717, 1.165) is 44.1 Å². The number of hydrogen-bond acceptors (Lipinski definition) is 4. The fraction of sp³-hybridized carbons (Fsp3) is 0.600. The Bertz CT molecular complexity index is 524. The summed E-state index contributed by atoms with van der Waals surface area (Å²) in [7, 11) is 2.13. The average molecular weight is 275 g/mol. The maximum absolute atomic E-state index is 8.39. The fourth-order valence-electron chi connectivity index (χ4n) is 2.54. The first kappa shape index (κ1) is 14.8. The minimum absolute atomic E-state index is 0.447. The Kier molecular flexibility index (Phi) is 4.60. The lowest BCUT2D eigenvalue weighted by atomic mass is 10.1. The van der Waals surface area contributed by atoms with Crippen LogP contribution in [0.1, 0.15) is 19.5 Å². The van der Waals surface area contributed by atoms with Crippen molar-refractivity contribution in [1.82, 2.24) is 14.5 Å². The molecule has 5 nitrogen and oxygen atoms in total. The van der Waals surface area contributed by atoms with Crippen LogP contribution in [0.2, 0.25) is 0 Å². The molecule has 0 unspecified atom stereocenters. The summed E-state index contributed by atoms with van der Waals surface area (Å²) in [4.78, 5) is 9.04. The molecule has 1 fully saturated rings. The van der Waals surface area contributed by atoms with Gasteiger partial charge >= 0.3 is 0 Å². The molecule has 0 spiro atoms. The van der Waals surface area contributed by atoms with Gasteiger partial charge in [0, 0.05) is 44.3 Å². The topological polar surface area (TPSA) is 48.2 Å². The van der Waals surface area contributed by atoms with E-state index in [1.807, 2.05) is 10.8 Å². The van der Waals surface area contributed by atoms with E-state index in [1.54, 1.807) is 6.20 Å². The zero-order valence-electron chi connectivity index (χ0n) is 12.8. The van der Waals surface area contributed by atoms with Gasteiger partial charge in [-0.1, -0.05) is 20.4 Å². The third-order valence-corrected chi connectivity index (χ3v) is 3.70. The Labute approximate surface area is 121 Å². The van der Waals surface area contributed by atoms with Gasteiger partial charge in [0.05, 0.1) is 0 Å². The third kappa shape index (κ3) is 3.10. The molecule has 2 heterocycles. The Hall–Kier alpha value is -1.62. The van der Waals surface area contributed by atoms with Crippen molar-refractivity contribution >= 4 is 12.0 Å². The summed E-state index contributed by atoms with van der Waals surface area (Å²) in [6, 6.07) is 0. The van der Waals surface area contributed by atoms with Crippen molar-refractivity contribution in [2.75, 3.05) is 38.1 Å². The number of anilines is 1. The predicted octanol–water partition coefficient (Wildman–Crippen LogP) is 1.41. The molecule has 0 aromatic carbocycles. The molecule has 0 saturated carbocycles. The molecule has 0 aliphatic carbocycles. The van der Waals surface area contributed by atoms with Crippen LogP contribution >= 0.6 is 0 Å². The number of likely N-dealkylation sites (N-methyl/N-ethyl adjacent to an activating group) is 1. The van der Waals surface area contributed by atoms with Crippen molar-refractivity contribution in [2.45, 2.75) is 20.3 Å². The van der Waals surface area contributed by atoms with E-state index in [1.165, 1.54) is 0 Å². The first-order valence-electron chi connectivity index (χ1n) is 7.24. The summed E-state index contributed by atoms with van der Waals surface area (Å²) in [5, 5.41) is 8.39. The lowest BCUT2D eigenvalue weighted by Gasteiger charge is -2.33. The predicted molar refractivity (Wildman–Crippen MR) is 82.7 cm³/mol. The van der Waals surface area contributed by atoms with Gasteiger partial charge in [-0.15, -0.1) is 0 Å². The Balaban J connectivity index is 2.32. The SMILES string of the molecule is C=Cn1c(CC(C)C)cnc(N2CCN(C)CC2)c1=N. The summed E-state index contributed by atoms with van der Waals surface area (Å²) in [5.74, 6) is 1.31. The van der Waals surface area contributed by atoms with Gasteiger partial charge in [-0.05, 0) is 19.4 Å². The molecule has 20 heavy (non-hydrogen) atoms. The van der Waals surface area contributed by atoms with E-state index < -0.39 is 0 Å². The first-order chi connectivity index (χ1) is 9.52. The molecule has 1 aromatic rings. The number of rotatable bonds is 4. The molecular formula is C15H25N5. The molecule has 1 saturated heterocycles. The molecule has 0 amide bonds. The molecule has 0 atom stereocenters. The molecule has 1 aliphatic rings. The summed E-state index contributed by atoms with van der Waals surface area (Å²) < 4.78 is 1.86. The van der Waals surface area contributed by atoms with Gasteiger partial charge in [0.15, 0.2) is 11.3 Å². The largest absolute Gasteiger partial charge is 0.351 e. The maximum atomic E-state index is 8.39. The minimum Gasteiger partial charge on any atom is -0.351 e. The van der Waals surface area contributed by atoms with E-state index in [-0.39, 0.29) is 0 Å². The van der Waals surface area contributed by atoms with Gasteiger partial charge < -0.3 is 14.4 Å². The van der Waals surface area contributed by atoms with E-state index in [2.05, 4.69) is 42.3 Å². The van der Waals surface area contributed by atoms with Crippen LogP contribution < -0.4 is 10.4 Å². The Morgan fingerprint density at radius 1 is 1.35 bits per heavy atom. The molecule has 0 radical (unpaired) electrons. The highest BCUT2D eigenvalue weighted by atomic mass is 15.3. The van der Waals surface area contributed by atoms with Crippen molar-refractivity contribution in [3.63, 3.8) is 0 Å². The van der Waals surface area contributed by atoms with Crippen molar-refractivity contribution in [1.29, 1.82) is 5.41 Å². The smallest absolute Gasteiger partial charge is 0.172 e. The second kappa shape index (κ2) is 6.22. The zero-order chi connectivity index (χ0) is 14.7. The molecular weight excluding hydrogens is 250 g/mol. The van der Waals surface area contributed by atoms with Crippen LogP contribution in [-0.2, 0) is 6.42 Å². The van der Waals surface area contributed by atoms with Crippen LogP contribution in [0.4, 0.5) is 5.82 Å². The van der Waals surface area contributed by atoms with Crippen molar-refractivity contribution in [3.05, 3.63) is 24.0 Å². The first-order valence-corrected chi connectivity index (χ1v) is 7.24. The zero-order valence-corrected chi connectivity index (χ0v) is 12.8. The van der Waals surface area contributed by atoms with Gasteiger partial charge in [-0.3, -0.25) is 5.41 Å². The van der Waals surface area contributed by atoms with Gasteiger partial charge in [0.1, 0.15) is 0 Å². The van der Waals surface area contributed by atoms with Gasteiger partial charge in [-0.2, -0.15) is 0 Å². The number of hydrogen-bond donors (Lipinski definition) is 1. The number of piperazine rings is 1. The van der Waals surface area contributed by atoms with Crippen LogP contribution in [0.5, 0.6) is 0 Å². The van der Waals surface area contributed by atoms with Crippen molar-refractivity contribution in [3.8, 4) is 0 Å². The van der Waals surface area contributed by atoms with Crippen LogP contribution in [0, 0.1) is 11.3 Å². The van der Waals surface area contributed by atoms with E-state index in [0.29, 0.717) is 11.4 Å². The lowest BCUT2D eigenvalue weighted by molar-refractivity contribution is 0.311. The van der Waals surface area contributed by atoms with Crippen molar-refractivity contribution < 1.29 is 0 Å². The van der Waals surface area contributed by atoms with Crippen LogP contribution in [-0.4, -0.2) is 47.7 Å². The van der Waals surface area contributed by atoms with Crippen molar-refractivity contribution in [2.24, 2.45) is 5.92 Å². The molecule has 5 heteroatoms. The molecule has 1 aliphatic heterocycles. The summed E-state index contributed by atoms with van der Waals surface area (Å²) in [6.07, 6.45) is 4.53. The number of nitrogens with zero attached hydrogens (tertiary/aromatic N) is 4. The third-order valence-electron chi connectivity index (χ3n) is 3.70. The van der Waals surface area contributed by atoms with Crippen LogP contribution in [0.15, 0.2) is 12.8 Å². The highest BCUT2D eigenvalue weighted by Gasteiger charge is 2.18. The summed E-state index contributed by atoms with van der Waals surface area (Å²) >= 11 is 0. The molecule has 110 valence electrons. The summed E-state index contributed by atoms with van der Waals surface area (Å²) in [6.45, 7) is 12.1. The molecule has 0 bridgehead atoms. The van der Waals surface area contributed by atoms with Crippen LogP contribution in [0.3, 0.4) is 0 Å². The molecule has 2 rings (SSSR count). The fourth-order valence-corrected chi connectivity index (χ4v) is 2.54. The van der Waals surface area contributed by atoms with Gasteiger partial charge in [0.25, 0.3) is 0 Å². The second-order valence-corrected chi connectivity index (χ2v) is 5.86. The van der Waals surface area contributed by atoms with Crippen LogP contribution in [0.25, 0.3) is 6.20 Å².